The maximum atomic E-state index is 12.8. The fraction of sp³-hybridized carbons (Fsp3) is 0.435. The monoisotopic (exact) mass is 449 g/mol. The summed E-state index contributed by atoms with van der Waals surface area (Å²) >= 11 is 0. The van der Waals surface area contributed by atoms with Crippen LogP contribution in [0.25, 0.3) is 0 Å². The largest absolute Gasteiger partial charge is 0.493 e. The fourth-order valence-electron chi connectivity index (χ4n) is 2.92. The first kappa shape index (κ1) is 24.7. The van der Waals surface area contributed by atoms with Crippen LogP contribution in [0.5, 0.6) is 11.5 Å². The van der Waals surface area contributed by atoms with E-state index >= 15 is 0 Å². The highest BCUT2D eigenvalue weighted by molar-refractivity contribution is 7.87. The molecule has 2 aromatic rings. The van der Waals surface area contributed by atoms with E-state index in [-0.39, 0.29) is 29.9 Å². The molecular formula is C23H31NO6S. The first-order chi connectivity index (χ1) is 14.7. The predicted molar refractivity (Wildman–Crippen MR) is 119 cm³/mol. The summed E-state index contributed by atoms with van der Waals surface area (Å²) in [5, 5.41) is 0. The average molecular weight is 450 g/mol. The van der Waals surface area contributed by atoms with Gasteiger partial charge >= 0.3 is 10.1 Å². The lowest BCUT2D eigenvalue weighted by Crippen LogP contribution is -2.36. The molecule has 1 amide bonds. The van der Waals surface area contributed by atoms with Gasteiger partial charge in [-0.25, -0.2) is 0 Å². The number of hydrogen-bond acceptors (Lipinski definition) is 6. The highest BCUT2D eigenvalue weighted by Crippen LogP contribution is 2.30. The van der Waals surface area contributed by atoms with Gasteiger partial charge in [0, 0.05) is 13.1 Å². The van der Waals surface area contributed by atoms with Crippen LogP contribution in [0.15, 0.2) is 48.5 Å². The first-order valence-electron chi connectivity index (χ1n) is 10.2. The second-order valence-electron chi connectivity index (χ2n) is 7.56. The third kappa shape index (κ3) is 8.22. The molecule has 0 fully saturated rings. The Labute approximate surface area is 185 Å². The summed E-state index contributed by atoms with van der Waals surface area (Å²) in [6.45, 7) is 6.73. The maximum absolute atomic E-state index is 12.8. The van der Waals surface area contributed by atoms with Gasteiger partial charge < -0.3 is 18.6 Å². The minimum atomic E-state index is -3.70. The van der Waals surface area contributed by atoms with E-state index in [1.807, 2.05) is 44.2 Å². The van der Waals surface area contributed by atoms with E-state index < -0.39 is 10.1 Å². The molecule has 0 atom stereocenters. The van der Waals surface area contributed by atoms with Gasteiger partial charge in [-0.05, 0) is 36.1 Å². The summed E-state index contributed by atoms with van der Waals surface area (Å²) < 4.78 is 39.8. The van der Waals surface area contributed by atoms with Crippen molar-refractivity contribution in [2.24, 2.45) is 5.92 Å². The zero-order chi connectivity index (χ0) is 22.9. The van der Waals surface area contributed by atoms with Crippen LogP contribution in [0.2, 0.25) is 0 Å². The van der Waals surface area contributed by atoms with Crippen molar-refractivity contribution in [2.45, 2.75) is 33.9 Å². The first-order valence-corrected chi connectivity index (χ1v) is 11.8. The normalized spacial score (nSPS) is 11.4. The molecule has 0 radical (unpaired) electrons. The van der Waals surface area contributed by atoms with Crippen LogP contribution in [-0.4, -0.2) is 45.2 Å². The number of hydrogen-bond donors (Lipinski definition) is 0. The minimum absolute atomic E-state index is 0.0364. The summed E-state index contributed by atoms with van der Waals surface area (Å²) in [4.78, 5) is 14.5. The molecule has 7 nitrogen and oxygen atoms in total. The van der Waals surface area contributed by atoms with Crippen molar-refractivity contribution >= 4 is 16.0 Å². The molecule has 0 spiro atoms. The summed E-state index contributed by atoms with van der Waals surface area (Å²) in [5.74, 6) is 0.390. The number of rotatable bonds is 12. The zero-order valence-corrected chi connectivity index (χ0v) is 19.4. The van der Waals surface area contributed by atoms with Crippen molar-refractivity contribution in [3.63, 3.8) is 0 Å². The van der Waals surface area contributed by atoms with Crippen LogP contribution in [-0.2, 0) is 32.8 Å². The van der Waals surface area contributed by atoms with E-state index in [1.54, 1.807) is 23.1 Å². The van der Waals surface area contributed by atoms with E-state index in [1.165, 1.54) is 14.0 Å². The van der Waals surface area contributed by atoms with Crippen LogP contribution < -0.4 is 8.92 Å². The van der Waals surface area contributed by atoms with Gasteiger partial charge in [-0.1, -0.05) is 50.2 Å². The molecule has 170 valence electrons. The molecule has 0 aromatic heterocycles. The van der Waals surface area contributed by atoms with Crippen molar-refractivity contribution in [1.29, 1.82) is 0 Å². The average Bonchev–Trinajstić information content (AvgIpc) is 2.73. The molecule has 0 N–H and O–H groups in total. The Bertz CT molecular complexity index is 944. The number of methoxy groups -OCH3 is 1. The lowest BCUT2D eigenvalue weighted by Gasteiger charge is -2.25. The Balaban J connectivity index is 2.10. The third-order valence-electron chi connectivity index (χ3n) is 4.45. The van der Waals surface area contributed by atoms with Gasteiger partial charge in [-0.15, -0.1) is 0 Å². The van der Waals surface area contributed by atoms with Gasteiger partial charge in [-0.2, -0.15) is 8.42 Å². The summed E-state index contributed by atoms with van der Waals surface area (Å²) in [6.07, 6.45) is 0. The molecule has 0 bridgehead atoms. The van der Waals surface area contributed by atoms with Gasteiger partial charge in [0.05, 0.1) is 19.5 Å². The smallest absolute Gasteiger partial charge is 0.309 e. The van der Waals surface area contributed by atoms with E-state index in [4.69, 9.17) is 13.7 Å². The van der Waals surface area contributed by atoms with Crippen molar-refractivity contribution < 1.29 is 26.9 Å². The van der Waals surface area contributed by atoms with Gasteiger partial charge in [0.2, 0.25) is 5.91 Å². The Morgan fingerprint density at radius 3 is 2.35 bits per heavy atom. The number of ether oxygens (including phenoxy) is 2. The molecule has 2 aromatic carbocycles. The second-order valence-corrected chi connectivity index (χ2v) is 9.42. The third-order valence-corrected chi connectivity index (χ3v) is 5.59. The molecule has 0 aliphatic rings. The topological polar surface area (TPSA) is 82.1 Å². The Hall–Kier alpha value is -2.58. The van der Waals surface area contributed by atoms with Gasteiger partial charge in [0.25, 0.3) is 0 Å². The van der Waals surface area contributed by atoms with E-state index in [9.17, 15) is 13.2 Å². The van der Waals surface area contributed by atoms with Crippen LogP contribution in [0, 0.1) is 5.92 Å². The van der Waals surface area contributed by atoms with Crippen LogP contribution in [0.4, 0.5) is 0 Å². The number of carbonyl (C=O) groups excluding carboxylic acids is 1. The minimum Gasteiger partial charge on any atom is -0.493 e. The molecule has 0 saturated carbocycles. The lowest BCUT2D eigenvalue weighted by molar-refractivity contribution is -0.137. The molecule has 0 saturated heterocycles. The number of benzene rings is 2. The maximum Gasteiger partial charge on any atom is 0.309 e. The van der Waals surface area contributed by atoms with Crippen molar-refractivity contribution in [1.82, 2.24) is 4.90 Å². The highest BCUT2D eigenvalue weighted by Gasteiger charge is 2.19. The van der Waals surface area contributed by atoms with Crippen LogP contribution in [0.1, 0.15) is 31.9 Å². The number of nitrogens with zero attached hydrogens (tertiary/aromatic N) is 1. The van der Waals surface area contributed by atoms with Crippen LogP contribution >= 0.6 is 0 Å². The summed E-state index contributed by atoms with van der Waals surface area (Å²) in [6, 6.07) is 14.7. The quantitative estimate of drug-likeness (QED) is 0.460. The molecule has 0 aliphatic heterocycles. The van der Waals surface area contributed by atoms with E-state index in [0.717, 1.165) is 11.1 Å². The Kier molecular flexibility index (Phi) is 9.33. The van der Waals surface area contributed by atoms with Crippen LogP contribution in [0.3, 0.4) is 0 Å². The SMILES string of the molecule is CCS(=O)(=O)Oc1cc(CN(CC(C)C)C(=O)COCc2ccccc2)ccc1OC. The standard InChI is InChI=1S/C23H31NO6S/c1-5-31(26,27)30-22-13-20(11-12-21(22)28-4)15-24(14-18(2)3)23(25)17-29-16-19-9-7-6-8-10-19/h6-13,18H,5,14-17H2,1-4H3. The fourth-order valence-corrected chi connectivity index (χ4v) is 3.44. The lowest BCUT2D eigenvalue weighted by atomic mass is 10.1. The molecule has 0 unspecified atom stereocenters. The highest BCUT2D eigenvalue weighted by atomic mass is 32.2. The zero-order valence-electron chi connectivity index (χ0n) is 18.5. The second kappa shape index (κ2) is 11.7. The molecule has 0 heterocycles. The molecule has 0 aliphatic carbocycles. The molecular weight excluding hydrogens is 418 g/mol. The predicted octanol–water partition coefficient (Wildman–Crippen LogP) is 3.63. The number of carbonyl (C=O) groups is 1. The van der Waals surface area contributed by atoms with Crippen molar-refractivity contribution in [3.8, 4) is 11.5 Å². The molecule has 8 heteroatoms. The molecule has 2 rings (SSSR count). The number of amides is 1. The molecule has 31 heavy (non-hydrogen) atoms. The van der Waals surface area contributed by atoms with Gasteiger partial charge in [0.1, 0.15) is 6.61 Å². The van der Waals surface area contributed by atoms with Gasteiger partial charge in [-0.3, -0.25) is 4.79 Å². The Morgan fingerprint density at radius 2 is 1.74 bits per heavy atom. The van der Waals surface area contributed by atoms with E-state index in [0.29, 0.717) is 25.4 Å². The van der Waals surface area contributed by atoms with Crippen molar-refractivity contribution in [2.75, 3.05) is 26.0 Å². The summed E-state index contributed by atoms with van der Waals surface area (Å²) in [5.41, 5.74) is 1.74. The van der Waals surface area contributed by atoms with Crippen molar-refractivity contribution in [3.05, 3.63) is 59.7 Å². The van der Waals surface area contributed by atoms with E-state index in [2.05, 4.69) is 0 Å². The van der Waals surface area contributed by atoms with Gasteiger partial charge in [0.15, 0.2) is 11.5 Å². The summed E-state index contributed by atoms with van der Waals surface area (Å²) in [7, 11) is -2.26. The Morgan fingerprint density at radius 1 is 1.03 bits per heavy atom.